The van der Waals surface area contributed by atoms with Crippen LogP contribution in [0.4, 0.5) is 11.4 Å². The van der Waals surface area contributed by atoms with E-state index in [1.165, 1.54) is 12.1 Å². The zero-order valence-corrected chi connectivity index (χ0v) is 12.5. The summed E-state index contributed by atoms with van der Waals surface area (Å²) in [7, 11) is 0. The van der Waals surface area contributed by atoms with E-state index in [1.54, 1.807) is 12.1 Å². The number of aliphatic imine (C=N–C) groups is 1. The fourth-order valence-corrected chi connectivity index (χ4v) is 3.77. The van der Waals surface area contributed by atoms with Crippen LogP contribution >= 0.6 is 0 Å². The van der Waals surface area contributed by atoms with Crippen molar-refractivity contribution in [3.05, 3.63) is 29.5 Å². The number of nitrogens with zero attached hydrogens (tertiary/aromatic N) is 1. The average molecular weight is 288 g/mol. The largest absolute Gasteiger partial charge is 0.595 e. The molecular formula is C16H20N2O3. The molecule has 2 aliphatic carbocycles. The number of benzene rings is 1. The molecular weight excluding hydrogens is 268 g/mol. The molecule has 2 saturated carbocycles. The summed E-state index contributed by atoms with van der Waals surface area (Å²) in [6.45, 7) is 6.35. The Kier molecular flexibility index (Phi) is 3.06. The molecule has 2 aliphatic rings. The molecule has 5 nitrogen and oxygen atoms in total. The molecule has 2 N–H and O–H groups in total. The van der Waals surface area contributed by atoms with E-state index in [0.717, 1.165) is 12.8 Å². The quantitative estimate of drug-likeness (QED) is 0.819. The minimum atomic E-state index is -0.959. The molecule has 0 aromatic heterocycles. The number of ketones is 1. The van der Waals surface area contributed by atoms with Crippen molar-refractivity contribution in [2.24, 2.45) is 21.7 Å². The zero-order valence-electron chi connectivity index (χ0n) is 12.5. The van der Waals surface area contributed by atoms with Crippen LogP contribution in [0.5, 0.6) is 0 Å². The van der Waals surface area contributed by atoms with Gasteiger partial charge in [0.1, 0.15) is 0 Å². The summed E-state index contributed by atoms with van der Waals surface area (Å²) in [5.41, 5.74) is 1.18. The van der Waals surface area contributed by atoms with E-state index in [0.29, 0.717) is 11.4 Å². The van der Waals surface area contributed by atoms with Crippen molar-refractivity contribution in [2.75, 3.05) is 0 Å². The average Bonchev–Trinajstić information content (AvgIpc) is 2.74. The Morgan fingerprint density at radius 1 is 1.29 bits per heavy atom. The first-order valence-corrected chi connectivity index (χ1v) is 7.24. The highest BCUT2D eigenvalue weighted by Crippen LogP contribution is 2.62. The first kappa shape index (κ1) is 14.4. The summed E-state index contributed by atoms with van der Waals surface area (Å²) in [5, 5.41) is 18.8. The number of rotatable bonds is 2. The van der Waals surface area contributed by atoms with Crippen molar-refractivity contribution in [2.45, 2.75) is 33.6 Å². The van der Waals surface area contributed by atoms with Gasteiger partial charge >= 0.3 is 0 Å². The highest BCUT2D eigenvalue weighted by atomic mass is 16.8. The molecule has 0 radical (unpaired) electrons. The van der Waals surface area contributed by atoms with E-state index >= 15 is 0 Å². The Bertz CT molecular complexity index is 619. The van der Waals surface area contributed by atoms with Crippen LogP contribution in [0.2, 0.25) is 0 Å². The van der Waals surface area contributed by atoms with Gasteiger partial charge in [-0.25, -0.2) is 10.2 Å². The predicted octanol–water partition coefficient (Wildman–Crippen LogP) is 2.19. The topological polar surface area (TPSA) is 77.2 Å². The molecule has 5 heteroatoms. The summed E-state index contributed by atoms with van der Waals surface area (Å²) >= 11 is 0. The lowest BCUT2D eigenvalue weighted by molar-refractivity contribution is -0.991. The first-order chi connectivity index (χ1) is 9.77. The maximum Gasteiger partial charge on any atom is 0.183 e. The maximum atomic E-state index is 12.7. The molecule has 2 bridgehead atoms. The van der Waals surface area contributed by atoms with Gasteiger partial charge in [-0.3, -0.25) is 4.79 Å². The number of carbonyl (C=O) groups excluding carboxylic acids is 1. The van der Waals surface area contributed by atoms with E-state index in [-0.39, 0.29) is 28.2 Å². The molecule has 2 fully saturated rings. The van der Waals surface area contributed by atoms with Crippen LogP contribution in [0.3, 0.4) is 0 Å². The number of carbonyl (C=O) groups is 1. The van der Waals surface area contributed by atoms with Crippen molar-refractivity contribution in [1.82, 2.24) is 0 Å². The Morgan fingerprint density at radius 3 is 2.38 bits per heavy atom. The molecule has 0 saturated heterocycles. The highest BCUT2D eigenvalue weighted by molar-refractivity contribution is 6.46. The van der Waals surface area contributed by atoms with Crippen molar-refractivity contribution < 1.29 is 15.2 Å². The lowest BCUT2D eigenvalue weighted by atomic mass is 9.70. The Balaban J connectivity index is 1.96. The van der Waals surface area contributed by atoms with Crippen LogP contribution in [-0.2, 0) is 4.79 Å². The summed E-state index contributed by atoms with van der Waals surface area (Å²) in [6.07, 6.45) is 1.93. The first-order valence-electron chi connectivity index (χ1n) is 7.24. The third-order valence-corrected chi connectivity index (χ3v) is 5.65. The minimum Gasteiger partial charge on any atom is -0.595 e. The van der Waals surface area contributed by atoms with Gasteiger partial charge in [0.05, 0.1) is 11.4 Å². The van der Waals surface area contributed by atoms with Crippen LogP contribution in [0.25, 0.3) is 0 Å². The fourth-order valence-electron chi connectivity index (χ4n) is 3.77. The standard InChI is InChI=1S/C16H20N2O3/c1-15(2)12-8-9-16(15,3)14(19)13(12)17-10-4-6-11(7-5-10)18(20)21/h4-7,12,18,20H,8-9H2,1-3H3. The number of quaternary nitrogens is 1. The molecule has 0 aliphatic heterocycles. The van der Waals surface area contributed by atoms with Crippen LogP contribution < -0.4 is 5.23 Å². The lowest BCUT2D eigenvalue weighted by Crippen LogP contribution is -2.99. The van der Waals surface area contributed by atoms with Gasteiger partial charge in [-0.2, -0.15) is 5.23 Å². The second-order valence-corrected chi connectivity index (χ2v) is 6.82. The molecule has 1 aromatic carbocycles. The molecule has 0 heterocycles. The Labute approximate surface area is 123 Å². The summed E-state index contributed by atoms with van der Waals surface area (Å²) in [6, 6.07) is 6.36. The third-order valence-electron chi connectivity index (χ3n) is 5.65. The number of fused-ring (bicyclic) bond motifs is 2. The molecule has 1 aromatic rings. The van der Waals surface area contributed by atoms with Gasteiger partial charge in [-0.05, 0) is 30.4 Å². The van der Waals surface area contributed by atoms with Gasteiger partial charge in [0.15, 0.2) is 11.5 Å². The molecule has 112 valence electrons. The van der Waals surface area contributed by atoms with Crippen molar-refractivity contribution >= 4 is 22.9 Å². The Hall–Kier alpha value is -1.56. The van der Waals surface area contributed by atoms with E-state index in [2.05, 4.69) is 18.8 Å². The van der Waals surface area contributed by atoms with Crippen LogP contribution in [0.15, 0.2) is 29.3 Å². The summed E-state index contributed by atoms with van der Waals surface area (Å²) in [4.78, 5) is 17.2. The molecule has 3 unspecified atom stereocenters. The molecule has 0 spiro atoms. The van der Waals surface area contributed by atoms with E-state index in [9.17, 15) is 10.0 Å². The summed E-state index contributed by atoms with van der Waals surface area (Å²) < 4.78 is 0. The van der Waals surface area contributed by atoms with E-state index in [1.807, 2.05) is 6.92 Å². The third kappa shape index (κ3) is 1.88. The van der Waals surface area contributed by atoms with E-state index < -0.39 is 5.23 Å². The second kappa shape index (κ2) is 4.47. The molecule has 3 rings (SSSR count). The summed E-state index contributed by atoms with van der Waals surface area (Å²) in [5.74, 6) is 0.361. The second-order valence-electron chi connectivity index (χ2n) is 6.82. The predicted molar refractivity (Wildman–Crippen MR) is 78.9 cm³/mol. The van der Waals surface area contributed by atoms with Gasteiger partial charge in [-0.1, -0.05) is 20.8 Å². The van der Waals surface area contributed by atoms with Gasteiger partial charge < -0.3 is 5.21 Å². The number of hydrogen-bond acceptors (Lipinski definition) is 4. The Morgan fingerprint density at radius 2 is 1.90 bits per heavy atom. The number of Topliss-reactive ketones (excluding diaryl/α,β-unsaturated/α-hetero) is 1. The fraction of sp³-hybridized carbons (Fsp3) is 0.500. The SMILES string of the molecule is CC12CCC(C(=Nc3ccc([NH+]([O-])O)cc3)C1=O)C2(C)C. The van der Waals surface area contributed by atoms with Crippen LogP contribution in [-0.4, -0.2) is 16.7 Å². The normalized spacial score (nSPS) is 33.7. The van der Waals surface area contributed by atoms with Gasteiger partial charge in [-0.15, -0.1) is 0 Å². The smallest absolute Gasteiger partial charge is 0.183 e. The molecule has 3 atom stereocenters. The van der Waals surface area contributed by atoms with Gasteiger partial charge in [0.25, 0.3) is 0 Å². The maximum absolute atomic E-state index is 12.7. The van der Waals surface area contributed by atoms with Gasteiger partial charge in [0, 0.05) is 23.5 Å². The monoisotopic (exact) mass is 288 g/mol. The van der Waals surface area contributed by atoms with Crippen LogP contribution in [0, 0.1) is 22.0 Å². The lowest BCUT2D eigenvalue weighted by Gasteiger charge is -2.31. The number of nitrogens with one attached hydrogen (secondary N) is 1. The minimum absolute atomic E-state index is 0.0517. The number of hydrogen-bond donors (Lipinski definition) is 2. The van der Waals surface area contributed by atoms with Crippen molar-refractivity contribution in [3.8, 4) is 0 Å². The van der Waals surface area contributed by atoms with Gasteiger partial charge in [0.2, 0.25) is 0 Å². The van der Waals surface area contributed by atoms with E-state index in [4.69, 9.17) is 5.21 Å². The van der Waals surface area contributed by atoms with Crippen molar-refractivity contribution in [3.63, 3.8) is 0 Å². The molecule has 0 amide bonds. The highest BCUT2D eigenvalue weighted by Gasteiger charge is 2.64. The molecule has 21 heavy (non-hydrogen) atoms. The van der Waals surface area contributed by atoms with Crippen LogP contribution in [0.1, 0.15) is 33.6 Å². The van der Waals surface area contributed by atoms with Crippen molar-refractivity contribution in [1.29, 1.82) is 0 Å². The zero-order chi connectivity index (χ0) is 15.4.